The predicted molar refractivity (Wildman–Crippen MR) is 39.9 cm³/mol. The molecule has 1 heterocycles. The maximum atomic E-state index is 11.8. The molecule has 2 nitrogen and oxygen atoms in total. The quantitative estimate of drug-likeness (QED) is 0.641. The van der Waals surface area contributed by atoms with E-state index in [1.54, 1.807) is 18.5 Å². The van der Waals surface area contributed by atoms with Gasteiger partial charge in [0.25, 0.3) is 0 Å². The number of hydrogen-bond acceptors (Lipinski definition) is 2. The summed E-state index contributed by atoms with van der Waals surface area (Å²) in [7, 11) is 1.66. The summed E-state index contributed by atoms with van der Waals surface area (Å²) in [5.74, 6) is 0.571. The van der Waals surface area contributed by atoms with E-state index in [4.69, 9.17) is 0 Å². The average molecular weight is 196 g/mol. The third kappa shape index (κ3) is 2.44. The molecular weight excluding hydrogens is 189 g/mol. The SMILES string of the molecule is Cc1nc(SC(F)(F)F)cn1C. The van der Waals surface area contributed by atoms with Crippen molar-refractivity contribution in [2.45, 2.75) is 17.5 Å². The Bertz CT molecular complexity index is 259. The van der Waals surface area contributed by atoms with Gasteiger partial charge in [0, 0.05) is 25.0 Å². The molecule has 1 aromatic rings. The Hall–Kier alpha value is -0.650. The van der Waals surface area contributed by atoms with Gasteiger partial charge in [-0.15, -0.1) is 0 Å². The van der Waals surface area contributed by atoms with Gasteiger partial charge in [0.15, 0.2) is 0 Å². The summed E-state index contributed by atoms with van der Waals surface area (Å²) in [6.07, 6.45) is 1.35. The van der Waals surface area contributed by atoms with Crippen molar-refractivity contribution in [3.05, 3.63) is 12.0 Å². The smallest absolute Gasteiger partial charge is 0.337 e. The van der Waals surface area contributed by atoms with Crippen molar-refractivity contribution in [2.75, 3.05) is 0 Å². The topological polar surface area (TPSA) is 17.8 Å². The van der Waals surface area contributed by atoms with E-state index in [9.17, 15) is 13.2 Å². The van der Waals surface area contributed by atoms with Gasteiger partial charge >= 0.3 is 5.51 Å². The van der Waals surface area contributed by atoms with Gasteiger partial charge in [0.2, 0.25) is 0 Å². The van der Waals surface area contributed by atoms with Gasteiger partial charge in [-0.1, -0.05) is 0 Å². The van der Waals surface area contributed by atoms with Crippen LogP contribution >= 0.6 is 11.8 Å². The highest BCUT2D eigenvalue weighted by Gasteiger charge is 2.30. The standard InChI is InChI=1S/C6H7F3N2S/c1-4-10-5(3-11(4)2)12-6(7,8)9/h3H,1-2H3. The largest absolute Gasteiger partial charge is 0.447 e. The summed E-state index contributed by atoms with van der Waals surface area (Å²) in [6.45, 7) is 1.65. The number of thioether (sulfide) groups is 1. The van der Waals surface area contributed by atoms with E-state index in [-0.39, 0.29) is 16.8 Å². The molecule has 6 heteroatoms. The zero-order chi connectivity index (χ0) is 9.35. The molecule has 0 fully saturated rings. The van der Waals surface area contributed by atoms with E-state index in [1.807, 2.05) is 0 Å². The van der Waals surface area contributed by atoms with Gasteiger partial charge in [0.05, 0.1) is 0 Å². The molecule has 0 aliphatic rings. The minimum absolute atomic E-state index is 0.0116. The van der Waals surface area contributed by atoms with E-state index >= 15 is 0 Å². The molecule has 0 aromatic carbocycles. The molecule has 1 aromatic heterocycles. The highest BCUT2D eigenvalue weighted by Crippen LogP contribution is 2.35. The molecule has 0 saturated carbocycles. The Labute approximate surface area is 71.8 Å². The van der Waals surface area contributed by atoms with E-state index in [0.717, 1.165) is 0 Å². The molecule has 0 saturated heterocycles. The van der Waals surface area contributed by atoms with Crippen LogP contribution in [0.4, 0.5) is 13.2 Å². The average Bonchev–Trinajstić information content (AvgIpc) is 2.07. The van der Waals surface area contributed by atoms with Crippen molar-refractivity contribution in [1.29, 1.82) is 0 Å². The summed E-state index contributed by atoms with van der Waals surface area (Å²) in [4.78, 5) is 3.70. The Morgan fingerprint density at radius 2 is 2.08 bits per heavy atom. The van der Waals surface area contributed by atoms with E-state index in [2.05, 4.69) is 4.98 Å². The molecule has 0 amide bonds. The first-order chi connectivity index (χ1) is 5.38. The second kappa shape index (κ2) is 3.01. The van der Waals surface area contributed by atoms with Gasteiger partial charge in [-0.2, -0.15) is 13.2 Å². The van der Waals surface area contributed by atoms with Crippen molar-refractivity contribution in [3.8, 4) is 0 Å². The van der Waals surface area contributed by atoms with Crippen LogP contribution in [0.1, 0.15) is 5.82 Å². The first kappa shape index (κ1) is 9.44. The number of alkyl halides is 3. The Morgan fingerprint density at radius 3 is 2.42 bits per heavy atom. The van der Waals surface area contributed by atoms with Crippen LogP contribution in [0, 0.1) is 6.92 Å². The molecule has 0 atom stereocenters. The molecule has 0 unspecified atom stereocenters. The third-order valence-corrected chi connectivity index (χ3v) is 1.94. The molecule has 1 rings (SSSR count). The summed E-state index contributed by atoms with van der Waals surface area (Å²) in [5.41, 5.74) is -4.25. The fourth-order valence-corrected chi connectivity index (χ4v) is 1.32. The lowest BCUT2D eigenvalue weighted by molar-refractivity contribution is -0.0329. The lowest BCUT2D eigenvalue weighted by Crippen LogP contribution is -1.98. The number of hydrogen-bond donors (Lipinski definition) is 0. The highest BCUT2D eigenvalue weighted by atomic mass is 32.2. The Morgan fingerprint density at radius 1 is 1.50 bits per heavy atom. The number of aromatic nitrogens is 2. The minimum atomic E-state index is -4.25. The second-order valence-electron chi connectivity index (χ2n) is 2.29. The maximum absolute atomic E-state index is 11.8. The fraction of sp³-hybridized carbons (Fsp3) is 0.500. The molecule has 0 bridgehead atoms. The first-order valence-corrected chi connectivity index (χ1v) is 3.96. The van der Waals surface area contributed by atoms with Crippen LogP contribution < -0.4 is 0 Å². The van der Waals surface area contributed by atoms with Gasteiger partial charge in [-0.25, -0.2) is 4.98 Å². The summed E-state index contributed by atoms with van der Waals surface area (Å²) < 4.78 is 36.9. The highest BCUT2D eigenvalue weighted by molar-refractivity contribution is 8.00. The van der Waals surface area contributed by atoms with E-state index in [0.29, 0.717) is 5.82 Å². The first-order valence-electron chi connectivity index (χ1n) is 3.14. The van der Waals surface area contributed by atoms with Crippen LogP contribution in [-0.4, -0.2) is 15.1 Å². The van der Waals surface area contributed by atoms with Gasteiger partial charge < -0.3 is 4.57 Å². The lowest BCUT2D eigenvalue weighted by atomic mass is 10.7. The summed E-state index contributed by atoms with van der Waals surface area (Å²) in [5, 5.41) is -0.0116. The third-order valence-electron chi connectivity index (χ3n) is 1.31. The minimum Gasteiger partial charge on any atom is -0.337 e. The molecular formula is C6H7F3N2S. The van der Waals surface area contributed by atoms with Crippen LogP contribution in [0.5, 0.6) is 0 Å². The lowest BCUT2D eigenvalue weighted by Gasteiger charge is -2.00. The molecule has 0 N–H and O–H groups in total. The predicted octanol–water partition coefficient (Wildman–Crippen LogP) is 2.34. The van der Waals surface area contributed by atoms with E-state index in [1.165, 1.54) is 6.20 Å². The van der Waals surface area contributed by atoms with Gasteiger partial charge in [-0.05, 0) is 6.92 Å². The van der Waals surface area contributed by atoms with Crippen molar-refractivity contribution >= 4 is 11.8 Å². The molecule has 12 heavy (non-hydrogen) atoms. The summed E-state index contributed by atoms with van der Waals surface area (Å²) in [6, 6.07) is 0. The zero-order valence-corrected chi connectivity index (χ0v) is 7.33. The molecule has 68 valence electrons. The second-order valence-corrected chi connectivity index (χ2v) is 3.37. The number of halogens is 3. The summed E-state index contributed by atoms with van der Waals surface area (Å²) >= 11 is -0.196. The molecule has 0 radical (unpaired) electrons. The Balaban J connectivity index is 2.77. The molecule has 0 spiro atoms. The van der Waals surface area contributed by atoms with Gasteiger partial charge in [-0.3, -0.25) is 0 Å². The number of imidazole rings is 1. The molecule has 0 aliphatic heterocycles. The number of rotatable bonds is 1. The maximum Gasteiger partial charge on any atom is 0.447 e. The monoisotopic (exact) mass is 196 g/mol. The van der Waals surface area contributed by atoms with Crippen molar-refractivity contribution in [2.24, 2.45) is 7.05 Å². The number of aryl methyl sites for hydroxylation is 2. The van der Waals surface area contributed by atoms with E-state index < -0.39 is 5.51 Å². The Kier molecular flexibility index (Phi) is 2.36. The van der Waals surface area contributed by atoms with Crippen LogP contribution in [0.2, 0.25) is 0 Å². The van der Waals surface area contributed by atoms with Crippen molar-refractivity contribution in [1.82, 2.24) is 9.55 Å². The van der Waals surface area contributed by atoms with Crippen LogP contribution in [-0.2, 0) is 7.05 Å². The normalized spacial score (nSPS) is 12.1. The van der Waals surface area contributed by atoms with Crippen LogP contribution in [0.3, 0.4) is 0 Å². The van der Waals surface area contributed by atoms with Crippen molar-refractivity contribution < 1.29 is 13.2 Å². The van der Waals surface area contributed by atoms with Crippen LogP contribution in [0.25, 0.3) is 0 Å². The molecule has 0 aliphatic carbocycles. The van der Waals surface area contributed by atoms with Gasteiger partial charge in [0.1, 0.15) is 10.9 Å². The van der Waals surface area contributed by atoms with Crippen molar-refractivity contribution in [3.63, 3.8) is 0 Å². The fourth-order valence-electron chi connectivity index (χ4n) is 0.694. The number of nitrogens with zero attached hydrogens (tertiary/aromatic N) is 2. The van der Waals surface area contributed by atoms with Crippen LogP contribution in [0.15, 0.2) is 11.2 Å². The zero-order valence-electron chi connectivity index (χ0n) is 6.51.